The van der Waals surface area contributed by atoms with E-state index in [9.17, 15) is 4.79 Å². The molecule has 9 heavy (non-hydrogen) atoms. The standard InChI is InChI=1S/C5H9BrO2S/c1-9-3-2-4(6)5(7)8/h4H,2-3H2,1H3,(H,7,8)/t4-/m1/s1. The molecule has 0 spiro atoms. The van der Waals surface area contributed by atoms with Crippen molar-refractivity contribution < 1.29 is 9.90 Å². The van der Waals surface area contributed by atoms with Crippen LogP contribution < -0.4 is 0 Å². The van der Waals surface area contributed by atoms with Crippen molar-refractivity contribution in [2.45, 2.75) is 11.2 Å². The van der Waals surface area contributed by atoms with E-state index in [1.54, 1.807) is 11.8 Å². The highest BCUT2D eigenvalue weighted by Gasteiger charge is 2.10. The molecule has 1 atom stereocenters. The Bertz CT molecular complexity index is 97.0. The first-order valence-electron chi connectivity index (χ1n) is 2.54. The molecule has 4 heteroatoms. The lowest BCUT2D eigenvalue weighted by Gasteiger charge is -2.00. The number of carboxylic acid groups (broad SMARTS) is 1. The van der Waals surface area contributed by atoms with Crippen LogP contribution in [0.25, 0.3) is 0 Å². The zero-order valence-electron chi connectivity index (χ0n) is 5.13. The van der Waals surface area contributed by atoms with E-state index < -0.39 is 5.97 Å². The second-order valence-electron chi connectivity index (χ2n) is 1.59. The van der Waals surface area contributed by atoms with Crippen LogP contribution in [0.1, 0.15) is 6.42 Å². The number of alkyl halides is 1. The Morgan fingerprint density at radius 3 is 2.78 bits per heavy atom. The third-order valence-corrected chi connectivity index (χ3v) is 2.34. The van der Waals surface area contributed by atoms with Gasteiger partial charge in [0.15, 0.2) is 0 Å². The summed E-state index contributed by atoms with van der Waals surface area (Å²) < 4.78 is 0. The smallest absolute Gasteiger partial charge is 0.317 e. The van der Waals surface area contributed by atoms with Crippen molar-refractivity contribution >= 4 is 33.7 Å². The largest absolute Gasteiger partial charge is 0.480 e. The number of carbonyl (C=O) groups is 1. The molecule has 0 aromatic rings. The van der Waals surface area contributed by atoms with Crippen molar-refractivity contribution in [3.05, 3.63) is 0 Å². The minimum absolute atomic E-state index is 0.370. The fraction of sp³-hybridized carbons (Fsp3) is 0.800. The van der Waals surface area contributed by atoms with Crippen LogP contribution in [0.2, 0.25) is 0 Å². The average molecular weight is 213 g/mol. The highest BCUT2D eigenvalue weighted by atomic mass is 79.9. The van der Waals surface area contributed by atoms with Gasteiger partial charge in [-0.2, -0.15) is 11.8 Å². The van der Waals surface area contributed by atoms with Crippen LogP contribution in [-0.2, 0) is 4.79 Å². The maximum Gasteiger partial charge on any atom is 0.317 e. The third-order valence-electron chi connectivity index (χ3n) is 0.843. The van der Waals surface area contributed by atoms with Gasteiger partial charge >= 0.3 is 5.97 Å². The summed E-state index contributed by atoms with van der Waals surface area (Å²) >= 11 is 4.68. The van der Waals surface area contributed by atoms with Gasteiger partial charge in [-0.25, -0.2) is 0 Å². The summed E-state index contributed by atoms with van der Waals surface area (Å²) in [5, 5.41) is 8.35. The third kappa shape index (κ3) is 4.78. The van der Waals surface area contributed by atoms with Crippen molar-refractivity contribution in [3.63, 3.8) is 0 Å². The fourth-order valence-electron chi connectivity index (χ4n) is 0.345. The summed E-state index contributed by atoms with van der Waals surface area (Å²) in [4.78, 5) is 9.78. The molecule has 0 saturated heterocycles. The molecular weight excluding hydrogens is 204 g/mol. The maximum atomic E-state index is 10.1. The number of hydrogen-bond donors (Lipinski definition) is 1. The molecule has 2 nitrogen and oxygen atoms in total. The Morgan fingerprint density at radius 2 is 2.44 bits per heavy atom. The number of hydrogen-bond acceptors (Lipinski definition) is 2. The van der Waals surface area contributed by atoms with Crippen LogP contribution in [0.5, 0.6) is 0 Å². The zero-order chi connectivity index (χ0) is 7.28. The Morgan fingerprint density at radius 1 is 1.89 bits per heavy atom. The number of rotatable bonds is 4. The molecule has 0 aliphatic carbocycles. The van der Waals surface area contributed by atoms with Gasteiger partial charge in [0.05, 0.1) is 0 Å². The normalized spacial score (nSPS) is 13.1. The molecule has 0 saturated carbocycles. The maximum absolute atomic E-state index is 10.1. The predicted molar refractivity (Wildman–Crippen MR) is 43.3 cm³/mol. The molecule has 0 unspecified atom stereocenters. The Balaban J connectivity index is 3.27. The van der Waals surface area contributed by atoms with Crippen molar-refractivity contribution in [1.82, 2.24) is 0 Å². The van der Waals surface area contributed by atoms with E-state index in [2.05, 4.69) is 15.9 Å². The number of aliphatic carboxylic acids is 1. The second-order valence-corrected chi connectivity index (χ2v) is 3.68. The first-order valence-corrected chi connectivity index (χ1v) is 4.85. The quantitative estimate of drug-likeness (QED) is 0.720. The van der Waals surface area contributed by atoms with Gasteiger partial charge in [0.2, 0.25) is 0 Å². The number of halogens is 1. The SMILES string of the molecule is CSCC[C@@H](Br)C(=O)O. The molecule has 0 aliphatic heterocycles. The highest BCUT2D eigenvalue weighted by Crippen LogP contribution is 2.08. The first kappa shape index (κ1) is 9.30. The van der Waals surface area contributed by atoms with E-state index in [1.165, 1.54) is 0 Å². The summed E-state index contributed by atoms with van der Waals surface area (Å²) in [7, 11) is 0. The van der Waals surface area contributed by atoms with Gasteiger partial charge in [0.25, 0.3) is 0 Å². The minimum Gasteiger partial charge on any atom is -0.480 e. The topological polar surface area (TPSA) is 37.3 Å². The molecule has 0 fully saturated rings. The lowest BCUT2D eigenvalue weighted by atomic mass is 10.3. The van der Waals surface area contributed by atoms with Gasteiger partial charge in [-0.1, -0.05) is 15.9 Å². The van der Waals surface area contributed by atoms with Gasteiger partial charge in [-0.3, -0.25) is 4.79 Å². The van der Waals surface area contributed by atoms with E-state index in [4.69, 9.17) is 5.11 Å². The summed E-state index contributed by atoms with van der Waals surface area (Å²) in [5.74, 6) is 0.117. The van der Waals surface area contributed by atoms with E-state index >= 15 is 0 Å². The zero-order valence-corrected chi connectivity index (χ0v) is 7.54. The van der Waals surface area contributed by atoms with Crippen molar-refractivity contribution in [2.75, 3.05) is 12.0 Å². The van der Waals surface area contributed by atoms with Crippen LogP contribution in [0.4, 0.5) is 0 Å². The molecular formula is C5H9BrO2S. The van der Waals surface area contributed by atoms with Crippen LogP contribution in [0.15, 0.2) is 0 Å². The molecule has 0 radical (unpaired) electrons. The van der Waals surface area contributed by atoms with Crippen molar-refractivity contribution in [1.29, 1.82) is 0 Å². The summed E-state index contributed by atoms with van der Waals surface area (Å²) in [6.45, 7) is 0. The van der Waals surface area contributed by atoms with E-state index in [-0.39, 0.29) is 4.83 Å². The van der Waals surface area contributed by atoms with E-state index in [0.29, 0.717) is 6.42 Å². The molecule has 0 aromatic heterocycles. The van der Waals surface area contributed by atoms with Crippen LogP contribution in [0, 0.1) is 0 Å². The monoisotopic (exact) mass is 212 g/mol. The van der Waals surface area contributed by atoms with Crippen molar-refractivity contribution in [3.8, 4) is 0 Å². The van der Waals surface area contributed by atoms with Gasteiger partial charge in [0.1, 0.15) is 4.83 Å². The fourth-order valence-corrected chi connectivity index (χ4v) is 1.35. The molecule has 0 aromatic carbocycles. The predicted octanol–water partition coefficient (Wildman–Crippen LogP) is 1.59. The first-order chi connectivity index (χ1) is 4.18. The Labute approximate surface area is 67.1 Å². The molecule has 0 rings (SSSR count). The molecule has 0 heterocycles. The number of carboxylic acids is 1. The molecule has 0 amide bonds. The lowest BCUT2D eigenvalue weighted by molar-refractivity contribution is -0.136. The van der Waals surface area contributed by atoms with Crippen LogP contribution >= 0.6 is 27.7 Å². The van der Waals surface area contributed by atoms with Gasteiger partial charge in [0, 0.05) is 0 Å². The molecule has 0 aliphatic rings. The summed E-state index contributed by atoms with van der Waals surface area (Å²) in [6, 6.07) is 0. The summed E-state index contributed by atoms with van der Waals surface area (Å²) in [5.41, 5.74) is 0. The lowest BCUT2D eigenvalue weighted by Crippen LogP contribution is -2.12. The van der Waals surface area contributed by atoms with E-state index in [0.717, 1.165) is 5.75 Å². The Hall–Kier alpha value is 0.300. The average Bonchev–Trinajstić information content (AvgIpc) is 1.82. The van der Waals surface area contributed by atoms with Gasteiger partial charge < -0.3 is 5.11 Å². The van der Waals surface area contributed by atoms with Crippen molar-refractivity contribution in [2.24, 2.45) is 0 Å². The minimum atomic E-state index is -0.774. The summed E-state index contributed by atoms with van der Waals surface area (Å²) in [6.07, 6.45) is 2.65. The van der Waals surface area contributed by atoms with Gasteiger partial charge in [-0.05, 0) is 18.4 Å². The Kier molecular flexibility index (Phi) is 5.28. The molecule has 54 valence electrons. The second kappa shape index (κ2) is 5.11. The molecule has 0 bridgehead atoms. The van der Waals surface area contributed by atoms with Gasteiger partial charge in [-0.15, -0.1) is 0 Å². The number of thioether (sulfide) groups is 1. The van der Waals surface area contributed by atoms with E-state index in [1.807, 2.05) is 6.26 Å². The van der Waals surface area contributed by atoms with Crippen LogP contribution in [-0.4, -0.2) is 27.9 Å². The highest BCUT2D eigenvalue weighted by molar-refractivity contribution is 9.10. The molecule has 1 N–H and O–H groups in total. The van der Waals surface area contributed by atoms with Crippen LogP contribution in [0.3, 0.4) is 0 Å².